The summed E-state index contributed by atoms with van der Waals surface area (Å²) >= 11 is 0. The first-order valence-corrected chi connectivity index (χ1v) is 28.4. The van der Waals surface area contributed by atoms with Gasteiger partial charge in [-0.05, 0) is 107 Å². The van der Waals surface area contributed by atoms with Gasteiger partial charge in [-0.3, -0.25) is 0 Å². The highest BCUT2D eigenvalue weighted by Gasteiger charge is 2.39. The molecule has 0 aliphatic carbocycles. The second-order valence-electron chi connectivity index (χ2n) is 22.4. The number of hydrogen-bond donors (Lipinski definition) is 0. The Morgan fingerprint density at radius 2 is 0.671 bits per heavy atom. The molecule has 2 aliphatic rings. The molecule has 82 heavy (non-hydrogen) atoms. The molecule has 0 fully saturated rings. The van der Waals surface area contributed by atoms with Crippen molar-refractivity contribution < 1.29 is 0 Å². The van der Waals surface area contributed by atoms with E-state index in [2.05, 4.69) is 306 Å². The molecule has 6 nitrogen and oxygen atoms in total. The molecule has 0 radical (unpaired) electrons. The predicted octanol–water partition coefficient (Wildman–Crippen LogP) is 20.1. The van der Waals surface area contributed by atoms with Crippen molar-refractivity contribution in [3.63, 3.8) is 0 Å². The summed E-state index contributed by atoms with van der Waals surface area (Å²) in [5.74, 6) is 0. The Morgan fingerprint density at radius 3 is 1.07 bits per heavy atom. The van der Waals surface area contributed by atoms with Gasteiger partial charge in [-0.25, -0.2) is 19.9 Å². The molecule has 0 saturated carbocycles. The van der Waals surface area contributed by atoms with E-state index in [0.29, 0.717) is 0 Å². The molecule has 0 bridgehead atoms. The van der Waals surface area contributed by atoms with Crippen molar-refractivity contribution in [2.75, 3.05) is 9.80 Å². The average molecular weight is 1060 g/mol. The number of rotatable bonds is 9. The lowest BCUT2D eigenvalue weighted by atomic mass is 9.73. The number of nitrogens with zero attached hydrogens (tertiary/aromatic N) is 6. The molecule has 0 atom stereocenters. The molecular weight excluding hydrogens is 997 g/mol. The minimum absolute atomic E-state index is 0.237. The summed E-state index contributed by atoms with van der Waals surface area (Å²) in [7, 11) is 0. The number of allylic oxidation sites excluding steroid dienone is 4. The third kappa shape index (κ3) is 8.08. The van der Waals surface area contributed by atoms with Gasteiger partial charge in [0.25, 0.3) is 0 Å². The van der Waals surface area contributed by atoms with Crippen LogP contribution in [0, 0.1) is 0 Å². The summed E-state index contributed by atoms with van der Waals surface area (Å²) < 4.78 is 0. The van der Waals surface area contributed by atoms with E-state index in [0.717, 1.165) is 123 Å². The number of para-hydroxylation sites is 4. The van der Waals surface area contributed by atoms with Crippen LogP contribution in [0.4, 0.5) is 34.1 Å². The molecule has 14 rings (SSSR count). The monoisotopic (exact) mass is 1060 g/mol. The van der Waals surface area contributed by atoms with Crippen LogP contribution in [0.3, 0.4) is 0 Å². The summed E-state index contributed by atoms with van der Waals surface area (Å²) in [6.07, 6.45) is 6.35. The van der Waals surface area contributed by atoms with Crippen molar-refractivity contribution >= 4 is 61.8 Å². The first-order chi connectivity index (χ1) is 40.1. The number of hydrogen-bond acceptors (Lipinski definition) is 6. The van der Waals surface area contributed by atoms with Gasteiger partial charge < -0.3 is 9.80 Å². The average Bonchev–Trinajstić information content (AvgIpc) is 1.55. The summed E-state index contributed by atoms with van der Waals surface area (Å²) in [6.45, 7) is 13.4. The molecule has 6 heteroatoms. The van der Waals surface area contributed by atoms with Crippen molar-refractivity contribution in [1.29, 1.82) is 0 Å². The second kappa shape index (κ2) is 19.9. The number of benzene rings is 10. The molecule has 4 heterocycles. The molecule has 0 unspecified atom stereocenters. The quantitative estimate of drug-likeness (QED) is 0.134. The van der Waals surface area contributed by atoms with Crippen LogP contribution in [0.2, 0.25) is 0 Å². The van der Waals surface area contributed by atoms with Gasteiger partial charge in [-0.1, -0.05) is 228 Å². The molecule has 0 N–H and O–H groups in total. The maximum absolute atomic E-state index is 5.83. The van der Waals surface area contributed by atoms with Crippen molar-refractivity contribution in [3.05, 3.63) is 283 Å². The zero-order valence-corrected chi connectivity index (χ0v) is 46.9. The van der Waals surface area contributed by atoms with Gasteiger partial charge >= 0.3 is 0 Å². The van der Waals surface area contributed by atoms with Gasteiger partial charge in [0, 0.05) is 38.6 Å². The van der Waals surface area contributed by atoms with E-state index < -0.39 is 0 Å². The molecular formula is C76H60N6. The minimum atomic E-state index is -0.237. The zero-order chi connectivity index (χ0) is 55.7. The molecule has 12 aromatic rings. The fourth-order valence-corrected chi connectivity index (χ4v) is 12.9. The summed E-state index contributed by atoms with van der Waals surface area (Å²) in [4.78, 5) is 28.1. The molecule has 10 aromatic carbocycles. The van der Waals surface area contributed by atoms with E-state index in [9.17, 15) is 0 Å². The smallest absolute Gasteiger partial charge is 0.114 e. The van der Waals surface area contributed by atoms with Crippen molar-refractivity contribution in [2.24, 2.45) is 0 Å². The summed E-state index contributed by atoms with van der Waals surface area (Å²) in [6, 6.07) is 84.6. The molecule has 0 amide bonds. The number of anilines is 6. The SMILES string of the molecule is C/C=C\C(=C/C)c1nc2c(-c3cccc(-c4ccc(N5c6ccccc6C(C)(C)c6ccccc65)c5nc(-c6ccccc6)c(-c6ccccc6)nc45)c3)ccc(N3c4ccccc4C(C)(C)c4ccccc43)c2nc1-c1ccccc1. The highest BCUT2D eigenvalue weighted by atomic mass is 15.2. The van der Waals surface area contributed by atoms with Gasteiger partial charge in [0.15, 0.2) is 0 Å². The summed E-state index contributed by atoms with van der Waals surface area (Å²) in [5.41, 5.74) is 25.4. The first kappa shape index (κ1) is 50.2. The lowest BCUT2D eigenvalue weighted by Crippen LogP contribution is -2.30. The number of fused-ring (bicyclic) bond motifs is 6. The van der Waals surface area contributed by atoms with Gasteiger partial charge in [0.1, 0.15) is 11.0 Å². The molecule has 2 aliphatic heterocycles. The molecule has 0 saturated heterocycles. The Morgan fingerprint density at radius 1 is 0.329 bits per heavy atom. The van der Waals surface area contributed by atoms with Gasteiger partial charge in [0.05, 0.1) is 67.9 Å². The first-order valence-electron chi connectivity index (χ1n) is 28.4. The van der Waals surface area contributed by atoms with Crippen LogP contribution in [0.1, 0.15) is 69.5 Å². The topological polar surface area (TPSA) is 58.0 Å². The fraction of sp³-hybridized carbons (Fsp3) is 0.105. The van der Waals surface area contributed by atoms with E-state index in [1.165, 1.54) is 22.3 Å². The van der Waals surface area contributed by atoms with Gasteiger partial charge in [0.2, 0.25) is 0 Å². The molecule has 0 spiro atoms. The number of aromatic nitrogens is 4. The van der Waals surface area contributed by atoms with Gasteiger partial charge in [-0.2, -0.15) is 0 Å². The summed E-state index contributed by atoms with van der Waals surface area (Å²) in [5, 5.41) is 0. The van der Waals surface area contributed by atoms with E-state index in [1.54, 1.807) is 0 Å². The minimum Gasteiger partial charge on any atom is -0.308 e. The van der Waals surface area contributed by atoms with Crippen molar-refractivity contribution in [3.8, 4) is 56.0 Å². The van der Waals surface area contributed by atoms with E-state index in [4.69, 9.17) is 19.9 Å². The lowest BCUT2D eigenvalue weighted by molar-refractivity contribution is 0.632. The highest BCUT2D eigenvalue weighted by molar-refractivity contribution is 6.08. The van der Waals surface area contributed by atoms with E-state index in [1.807, 2.05) is 0 Å². The van der Waals surface area contributed by atoms with Crippen molar-refractivity contribution in [2.45, 2.75) is 52.4 Å². The zero-order valence-electron chi connectivity index (χ0n) is 46.9. The standard InChI is InChI=1S/C76H60N6/c1-7-27-49(8-2)67-68(50-28-12-9-13-29-50)79-73-65(81-61-40-22-18-36-57(61)75(3,4)58-37-19-23-41-62(58)81)46-44-55(71(73)77-67)53-34-26-35-54(48-53)56-45-47-66(82-63-42-24-20-38-59(63)76(5,6)60-39-21-25-43-64(60)82)74-72(56)78-69(51-30-14-10-15-31-51)70(80-74)52-32-16-11-17-33-52/h7-48H,1-6H3/b27-7-,49-8+. The Hall–Kier alpha value is -10.0. The lowest BCUT2D eigenvalue weighted by Gasteiger charge is -2.42. The van der Waals surface area contributed by atoms with Crippen LogP contribution < -0.4 is 9.80 Å². The third-order valence-corrected chi connectivity index (χ3v) is 16.9. The second-order valence-corrected chi connectivity index (χ2v) is 22.4. The van der Waals surface area contributed by atoms with Gasteiger partial charge in [-0.15, -0.1) is 0 Å². The largest absolute Gasteiger partial charge is 0.308 e. The van der Waals surface area contributed by atoms with Crippen LogP contribution >= 0.6 is 0 Å². The molecule has 394 valence electrons. The normalized spacial score (nSPS) is 14.1. The Balaban J connectivity index is 1.03. The van der Waals surface area contributed by atoms with E-state index >= 15 is 0 Å². The Labute approximate surface area is 480 Å². The Bertz CT molecular complexity index is 4440. The van der Waals surface area contributed by atoms with Crippen LogP contribution in [0.15, 0.2) is 255 Å². The maximum Gasteiger partial charge on any atom is 0.114 e. The highest BCUT2D eigenvalue weighted by Crippen LogP contribution is 2.55. The maximum atomic E-state index is 5.83. The predicted molar refractivity (Wildman–Crippen MR) is 342 cm³/mol. The van der Waals surface area contributed by atoms with Crippen LogP contribution in [0.25, 0.3) is 83.7 Å². The van der Waals surface area contributed by atoms with Crippen LogP contribution in [-0.2, 0) is 10.8 Å². The van der Waals surface area contributed by atoms with Crippen molar-refractivity contribution in [1.82, 2.24) is 19.9 Å². The van der Waals surface area contributed by atoms with Crippen LogP contribution in [-0.4, -0.2) is 19.9 Å². The third-order valence-electron chi connectivity index (χ3n) is 16.9. The van der Waals surface area contributed by atoms with Crippen LogP contribution in [0.5, 0.6) is 0 Å². The Kier molecular flexibility index (Phi) is 12.2. The fourth-order valence-electron chi connectivity index (χ4n) is 12.9. The molecule has 2 aromatic heterocycles. The van der Waals surface area contributed by atoms with E-state index in [-0.39, 0.29) is 10.8 Å².